The number of fused-ring (bicyclic) bond motifs is 7. The van der Waals surface area contributed by atoms with Crippen LogP contribution in [-0.4, -0.2) is 4.57 Å². The first-order valence-electron chi connectivity index (χ1n) is 21.3. The highest BCUT2D eigenvalue weighted by Crippen LogP contribution is 2.44. The summed E-state index contributed by atoms with van der Waals surface area (Å²) < 4.78 is 2.41. The van der Waals surface area contributed by atoms with Gasteiger partial charge < -0.3 is 9.47 Å². The lowest BCUT2D eigenvalue weighted by Crippen LogP contribution is -2.10. The van der Waals surface area contributed by atoms with E-state index in [-0.39, 0.29) is 0 Å². The molecule has 12 aromatic rings. The summed E-state index contributed by atoms with van der Waals surface area (Å²) in [7, 11) is 0. The summed E-state index contributed by atoms with van der Waals surface area (Å²) >= 11 is 0. The Kier molecular flexibility index (Phi) is 8.53. The fourth-order valence-corrected chi connectivity index (χ4v) is 9.58. The molecule has 11 aromatic carbocycles. The molecule has 1 aromatic heterocycles. The number of anilines is 3. The third-order valence-corrected chi connectivity index (χ3v) is 12.6. The van der Waals surface area contributed by atoms with Gasteiger partial charge in [-0.1, -0.05) is 182 Å². The van der Waals surface area contributed by atoms with Crippen LogP contribution in [-0.2, 0) is 0 Å². The maximum atomic E-state index is 2.41. The number of nitrogens with zero attached hydrogens (tertiary/aromatic N) is 2. The van der Waals surface area contributed by atoms with Crippen molar-refractivity contribution in [3.63, 3.8) is 0 Å². The van der Waals surface area contributed by atoms with E-state index in [1.807, 2.05) is 0 Å². The van der Waals surface area contributed by atoms with E-state index in [1.54, 1.807) is 0 Å². The lowest BCUT2D eigenvalue weighted by Gasteiger charge is -2.28. The summed E-state index contributed by atoms with van der Waals surface area (Å²) in [6.07, 6.45) is 0. The first kappa shape index (κ1) is 35.7. The summed E-state index contributed by atoms with van der Waals surface area (Å²) in [5.41, 5.74) is 14.1. The normalized spacial score (nSPS) is 11.5. The van der Waals surface area contributed by atoms with Crippen LogP contribution in [0.15, 0.2) is 243 Å². The molecule has 0 fully saturated rings. The molecule has 0 bridgehead atoms. The predicted octanol–water partition coefficient (Wildman–Crippen LogP) is 16.7. The molecule has 2 heteroatoms. The predicted molar refractivity (Wildman–Crippen MR) is 264 cm³/mol. The Morgan fingerprint density at radius 3 is 1.44 bits per heavy atom. The highest BCUT2D eigenvalue weighted by atomic mass is 15.1. The molecule has 290 valence electrons. The Bertz CT molecular complexity index is 3600. The van der Waals surface area contributed by atoms with E-state index in [9.17, 15) is 0 Å². The monoisotopic (exact) mass is 788 g/mol. The topological polar surface area (TPSA) is 8.17 Å². The number of hydrogen-bond donors (Lipinski definition) is 0. The van der Waals surface area contributed by atoms with Crippen LogP contribution in [0.1, 0.15) is 0 Å². The van der Waals surface area contributed by atoms with Gasteiger partial charge in [-0.2, -0.15) is 0 Å². The van der Waals surface area contributed by atoms with Gasteiger partial charge in [-0.05, 0) is 121 Å². The van der Waals surface area contributed by atoms with Gasteiger partial charge in [0.15, 0.2) is 0 Å². The highest BCUT2D eigenvalue weighted by Gasteiger charge is 2.19. The second-order valence-corrected chi connectivity index (χ2v) is 16.1. The van der Waals surface area contributed by atoms with Crippen LogP contribution >= 0.6 is 0 Å². The van der Waals surface area contributed by atoms with Crippen LogP contribution in [0.4, 0.5) is 17.1 Å². The Morgan fingerprint density at radius 2 is 0.758 bits per heavy atom. The third kappa shape index (κ3) is 6.04. The van der Waals surface area contributed by atoms with Gasteiger partial charge >= 0.3 is 0 Å². The number of rotatable bonds is 7. The number of aromatic nitrogens is 1. The van der Waals surface area contributed by atoms with Gasteiger partial charge in [-0.25, -0.2) is 0 Å². The SMILES string of the molecule is c1ccc(-c2ccc(N(c3ccc(-c4ccccc4-c4ccc(-n5c6ccccc6c6cc7ccccc7cc65)cc4)cc3)c3cc4ccccc4c4ccccc34)cc2)cc1. The Balaban J connectivity index is 0.940. The molecule has 0 N–H and O–H groups in total. The molecule has 0 saturated carbocycles. The summed E-state index contributed by atoms with van der Waals surface area (Å²) in [6, 6.07) is 88.4. The zero-order valence-electron chi connectivity index (χ0n) is 34.0. The van der Waals surface area contributed by atoms with Crippen LogP contribution in [0.5, 0.6) is 0 Å². The standard InChI is InChI=1S/C60H40N2/c1-2-14-41(15-3-1)42-26-32-48(33-27-42)61(59-40-47-18-6-7-21-53(47)54-22-10-11-23-55(54)59)49-34-28-43(29-35-49)51-19-8-9-20-52(51)44-30-36-50(37-31-44)62-58-25-13-12-24-56(58)57-38-45-16-4-5-17-46(45)39-60(57)62/h1-40H. The van der Waals surface area contributed by atoms with Gasteiger partial charge in [0.2, 0.25) is 0 Å². The molecular weight excluding hydrogens is 749 g/mol. The van der Waals surface area contributed by atoms with E-state index in [4.69, 9.17) is 0 Å². The average molecular weight is 789 g/mol. The summed E-state index contributed by atoms with van der Waals surface area (Å²) in [6.45, 7) is 0. The molecule has 0 spiro atoms. The number of hydrogen-bond acceptors (Lipinski definition) is 1. The van der Waals surface area contributed by atoms with Crippen molar-refractivity contribution in [1.29, 1.82) is 0 Å². The Hall–Kier alpha value is -8.20. The second-order valence-electron chi connectivity index (χ2n) is 16.1. The van der Waals surface area contributed by atoms with Crippen LogP contribution in [0.25, 0.3) is 93.2 Å². The molecule has 0 aliphatic carbocycles. The van der Waals surface area contributed by atoms with Crippen LogP contribution in [0.3, 0.4) is 0 Å². The minimum Gasteiger partial charge on any atom is -0.310 e. The minimum absolute atomic E-state index is 1.10. The molecule has 1 heterocycles. The summed E-state index contributed by atoms with van der Waals surface area (Å²) in [5.74, 6) is 0. The first-order valence-corrected chi connectivity index (χ1v) is 21.3. The fraction of sp³-hybridized carbons (Fsp3) is 0. The van der Waals surface area contributed by atoms with Crippen molar-refractivity contribution in [2.75, 3.05) is 4.90 Å². The van der Waals surface area contributed by atoms with Gasteiger partial charge in [0, 0.05) is 33.2 Å². The third-order valence-electron chi connectivity index (χ3n) is 12.6. The molecule has 12 rings (SSSR count). The molecule has 2 nitrogen and oxygen atoms in total. The molecule has 0 aliphatic rings. The molecule has 62 heavy (non-hydrogen) atoms. The molecule has 0 atom stereocenters. The highest BCUT2D eigenvalue weighted by molar-refractivity contribution is 6.15. The van der Waals surface area contributed by atoms with Gasteiger partial charge in [0.05, 0.1) is 16.7 Å². The zero-order valence-corrected chi connectivity index (χ0v) is 34.0. The van der Waals surface area contributed by atoms with Gasteiger partial charge in [0.25, 0.3) is 0 Å². The summed E-state index contributed by atoms with van der Waals surface area (Å²) in [4.78, 5) is 2.41. The van der Waals surface area contributed by atoms with Gasteiger partial charge in [-0.3, -0.25) is 0 Å². The van der Waals surface area contributed by atoms with E-state index in [0.717, 1.165) is 22.7 Å². The van der Waals surface area contributed by atoms with E-state index >= 15 is 0 Å². The average Bonchev–Trinajstić information content (AvgIpc) is 3.67. The molecule has 0 unspecified atom stereocenters. The van der Waals surface area contributed by atoms with Crippen LogP contribution in [0, 0.1) is 0 Å². The van der Waals surface area contributed by atoms with Crippen molar-refractivity contribution in [2.24, 2.45) is 0 Å². The molecule has 0 aliphatic heterocycles. The van der Waals surface area contributed by atoms with E-state index in [1.165, 1.54) is 87.5 Å². The van der Waals surface area contributed by atoms with Crippen LogP contribution < -0.4 is 4.90 Å². The van der Waals surface area contributed by atoms with E-state index in [2.05, 4.69) is 252 Å². The second kappa shape index (κ2) is 14.8. The minimum atomic E-state index is 1.10. The maximum Gasteiger partial charge on any atom is 0.0547 e. The number of benzene rings is 11. The van der Waals surface area contributed by atoms with Crippen molar-refractivity contribution in [3.05, 3.63) is 243 Å². The molecule has 0 radical (unpaired) electrons. The van der Waals surface area contributed by atoms with Gasteiger partial charge in [0.1, 0.15) is 0 Å². The lowest BCUT2D eigenvalue weighted by molar-refractivity contribution is 1.18. The smallest absolute Gasteiger partial charge is 0.0547 e. The van der Waals surface area contributed by atoms with Crippen molar-refractivity contribution >= 4 is 71.2 Å². The summed E-state index contributed by atoms with van der Waals surface area (Å²) in [5, 5.41) is 9.98. The molecule has 0 saturated heterocycles. The number of para-hydroxylation sites is 1. The van der Waals surface area contributed by atoms with E-state index in [0.29, 0.717) is 0 Å². The molecule has 0 amide bonds. The molecular formula is C60H40N2. The lowest BCUT2D eigenvalue weighted by atomic mass is 9.94. The Morgan fingerprint density at radius 1 is 0.274 bits per heavy atom. The maximum absolute atomic E-state index is 2.41. The zero-order chi connectivity index (χ0) is 41.0. The Labute approximate surface area is 360 Å². The van der Waals surface area contributed by atoms with E-state index < -0.39 is 0 Å². The quantitative estimate of drug-likeness (QED) is 0.146. The van der Waals surface area contributed by atoms with Gasteiger partial charge in [-0.15, -0.1) is 0 Å². The van der Waals surface area contributed by atoms with Crippen molar-refractivity contribution in [3.8, 4) is 39.1 Å². The van der Waals surface area contributed by atoms with Crippen molar-refractivity contribution in [1.82, 2.24) is 4.57 Å². The van der Waals surface area contributed by atoms with Crippen molar-refractivity contribution in [2.45, 2.75) is 0 Å². The first-order chi connectivity index (χ1) is 30.7. The largest absolute Gasteiger partial charge is 0.310 e. The fourth-order valence-electron chi connectivity index (χ4n) is 9.58. The van der Waals surface area contributed by atoms with Crippen molar-refractivity contribution < 1.29 is 0 Å². The van der Waals surface area contributed by atoms with Crippen LogP contribution in [0.2, 0.25) is 0 Å².